The van der Waals surface area contributed by atoms with Crippen molar-refractivity contribution in [2.75, 3.05) is 0 Å². The number of amides is 1. The molecule has 1 saturated carbocycles. The maximum atomic E-state index is 12.7. The van der Waals surface area contributed by atoms with E-state index in [1.54, 1.807) is 0 Å². The van der Waals surface area contributed by atoms with Gasteiger partial charge in [0.05, 0.1) is 22.6 Å². The number of rotatable bonds is 4. The minimum Gasteiger partial charge on any atom is -0.392 e. The highest BCUT2D eigenvalue weighted by Crippen LogP contribution is 2.35. The van der Waals surface area contributed by atoms with Crippen molar-refractivity contribution in [3.63, 3.8) is 0 Å². The average Bonchev–Trinajstić information content (AvgIpc) is 2.71. The molecule has 0 spiro atoms. The Kier molecular flexibility index (Phi) is 5.28. The molecule has 0 radical (unpaired) electrons. The molecule has 0 aromatic carbocycles. The highest BCUT2D eigenvalue weighted by atomic mass is 32.1. The normalized spacial score (nSPS) is 17.8. The molecule has 4 nitrogen and oxygen atoms in total. The average molecular weight is 305 g/mol. The van der Waals surface area contributed by atoms with Crippen LogP contribution in [-0.4, -0.2) is 15.9 Å². The summed E-state index contributed by atoms with van der Waals surface area (Å²) in [6.07, 6.45) is 5.83. The maximum Gasteiger partial charge on any atom is 0.233 e. The summed E-state index contributed by atoms with van der Waals surface area (Å²) >= 11 is 5.22. The van der Waals surface area contributed by atoms with E-state index in [4.69, 9.17) is 18.0 Å². The molecule has 1 heterocycles. The first-order valence-corrected chi connectivity index (χ1v) is 7.96. The zero-order valence-corrected chi connectivity index (χ0v) is 13.3. The smallest absolute Gasteiger partial charge is 0.233 e. The summed E-state index contributed by atoms with van der Waals surface area (Å²) < 4.78 is 0. The van der Waals surface area contributed by atoms with Gasteiger partial charge in [-0.15, -0.1) is 0 Å². The summed E-state index contributed by atoms with van der Waals surface area (Å²) in [4.78, 5) is 17.4. The molecule has 0 bridgehead atoms. The second kappa shape index (κ2) is 6.98. The Bertz CT molecular complexity index is 522. The maximum absolute atomic E-state index is 12.7. The molecule has 1 fully saturated rings. The second-order valence-electron chi connectivity index (χ2n) is 5.81. The van der Waals surface area contributed by atoms with Crippen molar-refractivity contribution in [3.8, 4) is 0 Å². The van der Waals surface area contributed by atoms with Gasteiger partial charge in [0.2, 0.25) is 5.91 Å². The number of hydrogen-bond acceptors (Lipinski definition) is 3. The van der Waals surface area contributed by atoms with Gasteiger partial charge >= 0.3 is 0 Å². The lowest BCUT2D eigenvalue weighted by Gasteiger charge is -2.30. The van der Waals surface area contributed by atoms with Gasteiger partial charge in [-0.05, 0) is 31.9 Å². The van der Waals surface area contributed by atoms with Gasteiger partial charge < -0.3 is 11.1 Å². The van der Waals surface area contributed by atoms with Gasteiger partial charge in [0, 0.05) is 5.69 Å². The van der Waals surface area contributed by atoms with Crippen LogP contribution >= 0.6 is 12.2 Å². The molecule has 1 aromatic rings. The molecule has 1 aliphatic rings. The third-order valence-corrected chi connectivity index (χ3v) is 4.63. The highest BCUT2D eigenvalue weighted by Gasteiger charge is 2.41. The second-order valence-corrected chi connectivity index (χ2v) is 6.25. The van der Waals surface area contributed by atoms with Crippen molar-refractivity contribution in [1.29, 1.82) is 0 Å². The van der Waals surface area contributed by atoms with Crippen molar-refractivity contribution in [2.24, 2.45) is 11.1 Å². The van der Waals surface area contributed by atoms with E-state index in [0.29, 0.717) is 11.5 Å². The third kappa shape index (κ3) is 3.79. The van der Waals surface area contributed by atoms with E-state index in [0.717, 1.165) is 49.9 Å². The monoisotopic (exact) mass is 305 g/mol. The lowest BCUT2D eigenvalue weighted by molar-refractivity contribution is -0.128. The van der Waals surface area contributed by atoms with Crippen molar-refractivity contribution in [2.45, 2.75) is 52.0 Å². The fraction of sp³-hybridized carbons (Fsp3) is 0.562. The number of pyridine rings is 1. The van der Waals surface area contributed by atoms with Crippen LogP contribution in [0.3, 0.4) is 0 Å². The first-order valence-electron chi connectivity index (χ1n) is 7.55. The summed E-state index contributed by atoms with van der Waals surface area (Å²) in [7, 11) is 0. The molecule has 0 saturated heterocycles. The van der Waals surface area contributed by atoms with Gasteiger partial charge in [0.1, 0.15) is 0 Å². The molecule has 3 N–H and O–H groups in total. The third-order valence-electron chi connectivity index (χ3n) is 4.24. The van der Waals surface area contributed by atoms with Gasteiger partial charge in [-0.25, -0.2) is 0 Å². The molecule has 0 unspecified atom stereocenters. The molecule has 1 amide bonds. The Labute approximate surface area is 131 Å². The van der Waals surface area contributed by atoms with Crippen molar-refractivity contribution in [3.05, 3.63) is 29.6 Å². The molecule has 21 heavy (non-hydrogen) atoms. The molecule has 114 valence electrons. The van der Waals surface area contributed by atoms with Crippen LogP contribution in [0.25, 0.3) is 0 Å². The lowest BCUT2D eigenvalue weighted by atomic mass is 9.79. The van der Waals surface area contributed by atoms with Crippen molar-refractivity contribution in [1.82, 2.24) is 10.3 Å². The topological polar surface area (TPSA) is 68.0 Å². The first-order chi connectivity index (χ1) is 10.0. The summed E-state index contributed by atoms with van der Waals surface area (Å²) in [6.45, 7) is 2.36. The van der Waals surface area contributed by atoms with Crippen molar-refractivity contribution < 1.29 is 4.79 Å². The Morgan fingerprint density at radius 2 is 2.00 bits per heavy atom. The van der Waals surface area contributed by atoms with Gasteiger partial charge in [-0.3, -0.25) is 9.78 Å². The lowest BCUT2D eigenvalue weighted by Crippen LogP contribution is -2.48. The first kappa shape index (κ1) is 15.9. The molecule has 1 aromatic heterocycles. The Morgan fingerprint density at radius 1 is 1.33 bits per heavy atom. The molecule has 0 atom stereocenters. The van der Waals surface area contributed by atoms with Crippen LogP contribution in [0.2, 0.25) is 0 Å². The van der Waals surface area contributed by atoms with E-state index < -0.39 is 5.41 Å². The number of carbonyl (C=O) groups excluding carboxylic acids is 1. The van der Waals surface area contributed by atoms with Gasteiger partial charge in [0.25, 0.3) is 0 Å². The molecule has 0 aliphatic heterocycles. The molecular weight excluding hydrogens is 282 g/mol. The number of nitrogens with zero attached hydrogens (tertiary/aromatic N) is 1. The van der Waals surface area contributed by atoms with Crippen LogP contribution in [0.5, 0.6) is 0 Å². The van der Waals surface area contributed by atoms with E-state index >= 15 is 0 Å². The summed E-state index contributed by atoms with van der Waals surface area (Å²) in [5.74, 6) is -0.0415. The summed E-state index contributed by atoms with van der Waals surface area (Å²) in [6, 6.07) is 5.79. The predicted molar refractivity (Wildman–Crippen MR) is 87.7 cm³/mol. The number of carbonyl (C=O) groups is 1. The molecule has 5 heteroatoms. The van der Waals surface area contributed by atoms with E-state index in [-0.39, 0.29) is 5.91 Å². The van der Waals surface area contributed by atoms with Gasteiger partial charge in [-0.1, -0.05) is 44.0 Å². The van der Waals surface area contributed by atoms with Crippen LogP contribution in [-0.2, 0) is 11.3 Å². The van der Waals surface area contributed by atoms with Crippen LogP contribution in [0.4, 0.5) is 0 Å². The Hall–Kier alpha value is -1.49. The van der Waals surface area contributed by atoms with E-state index in [2.05, 4.69) is 10.3 Å². The molecular formula is C16H23N3OS. The highest BCUT2D eigenvalue weighted by molar-refractivity contribution is 7.80. The van der Waals surface area contributed by atoms with Gasteiger partial charge in [-0.2, -0.15) is 0 Å². The van der Waals surface area contributed by atoms with E-state index in [1.165, 1.54) is 0 Å². The van der Waals surface area contributed by atoms with Gasteiger partial charge in [0.15, 0.2) is 0 Å². The van der Waals surface area contributed by atoms with E-state index in [9.17, 15) is 4.79 Å². The number of aromatic nitrogens is 1. The fourth-order valence-corrected chi connectivity index (χ4v) is 3.25. The Morgan fingerprint density at radius 3 is 2.57 bits per heavy atom. The number of aryl methyl sites for hydroxylation is 1. The summed E-state index contributed by atoms with van der Waals surface area (Å²) in [5.41, 5.74) is 7.05. The number of nitrogens with two attached hydrogens (primary N) is 1. The fourth-order valence-electron chi connectivity index (χ4n) is 2.96. The predicted octanol–water partition coefficient (Wildman–Crippen LogP) is 2.63. The largest absolute Gasteiger partial charge is 0.392 e. The van der Waals surface area contributed by atoms with Crippen LogP contribution < -0.4 is 11.1 Å². The SMILES string of the molecule is Cc1cccc(CNC(=O)C2(C(N)=S)CCCCCC2)n1. The van der Waals surface area contributed by atoms with Crippen molar-refractivity contribution >= 4 is 23.1 Å². The number of hydrogen-bond donors (Lipinski definition) is 2. The minimum absolute atomic E-state index is 0.0415. The van der Waals surface area contributed by atoms with Crippen LogP contribution in [0.1, 0.15) is 49.9 Å². The molecule has 1 aliphatic carbocycles. The quantitative estimate of drug-likeness (QED) is 0.663. The standard InChI is InChI=1S/C16H23N3OS/c1-12-7-6-8-13(19-12)11-18-15(20)16(14(17)21)9-4-2-3-5-10-16/h6-8H,2-5,9-11H2,1H3,(H2,17,21)(H,18,20). The van der Waals surface area contributed by atoms with Crippen LogP contribution in [0, 0.1) is 12.3 Å². The summed E-state index contributed by atoms with van der Waals surface area (Å²) in [5, 5.41) is 2.98. The number of nitrogens with one attached hydrogen (secondary N) is 1. The molecule has 2 rings (SSSR count). The number of thiocarbonyl (C=S) groups is 1. The minimum atomic E-state index is -0.671. The zero-order valence-electron chi connectivity index (χ0n) is 12.5. The zero-order chi connectivity index (χ0) is 15.3. The van der Waals surface area contributed by atoms with E-state index in [1.807, 2.05) is 25.1 Å². The van der Waals surface area contributed by atoms with Crippen LogP contribution in [0.15, 0.2) is 18.2 Å². The Balaban J connectivity index is 2.07.